The maximum absolute atomic E-state index is 9.41. The average Bonchev–Trinajstić information content (AvgIpc) is 2.97. The fourth-order valence-corrected chi connectivity index (χ4v) is 2.40. The lowest BCUT2D eigenvalue weighted by atomic mass is 10.1. The first-order valence-electron chi connectivity index (χ1n) is 7.15. The van der Waals surface area contributed by atoms with Crippen LogP contribution in [0.4, 0.5) is 11.6 Å². The molecule has 0 radical (unpaired) electrons. The van der Waals surface area contributed by atoms with Crippen molar-refractivity contribution in [3.8, 4) is 11.3 Å². The predicted octanol–water partition coefficient (Wildman–Crippen LogP) is 1.78. The van der Waals surface area contributed by atoms with Crippen molar-refractivity contribution in [1.82, 2.24) is 19.9 Å². The maximum Gasteiger partial charge on any atom is 0.220 e. The summed E-state index contributed by atoms with van der Waals surface area (Å²) in [5.41, 5.74) is 8.96. The highest BCUT2D eigenvalue weighted by Gasteiger charge is 2.14. The van der Waals surface area contributed by atoms with Crippen LogP contribution >= 0.6 is 0 Å². The number of pyridine rings is 1. The summed E-state index contributed by atoms with van der Waals surface area (Å²) in [6, 6.07) is 3.69. The number of aliphatic hydroxyl groups is 1. The molecule has 0 aliphatic heterocycles. The minimum Gasteiger partial charge on any atom is -0.394 e. The van der Waals surface area contributed by atoms with E-state index in [4.69, 9.17) is 5.73 Å². The van der Waals surface area contributed by atoms with Crippen molar-refractivity contribution in [3.05, 3.63) is 30.7 Å². The van der Waals surface area contributed by atoms with Crippen molar-refractivity contribution in [3.63, 3.8) is 0 Å². The molecule has 1 atom stereocenters. The number of H-pyrrole nitrogens is 1. The van der Waals surface area contributed by atoms with Gasteiger partial charge in [-0.15, -0.1) is 0 Å². The molecule has 0 bridgehead atoms. The standard InChI is InChI=1S/C15H18N6O/c1-2-9(8-22)20-12-4-5-17-14-13(12)10(7-19-14)11-3-6-18-15(16)21-11/h3-7,9,22H,2,8H2,1H3,(H2,16,18,21)(H2,17,19,20)/t9-/m1/s1. The van der Waals surface area contributed by atoms with E-state index in [2.05, 4.69) is 25.3 Å². The molecule has 0 spiro atoms. The molecular formula is C15H18N6O. The number of hydrogen-bond acceptors (Lipinski definition) is 6. The van der Waals surface area contributed by atoms with Crippen molar-refractivity contribution < 1.29 is 5.11 Å². The number of fused-ring (bicyclic) bond motifs is 1. The summed E-state index contributed by atoms with van der Waals surface area (Å²) >= 11 is 0. The number of nitrogens with two attached hydrogens (primary N) is 1. The molecule has 0 aliphatic carbocycles. The number of aromatic amines is 1. The second kappa shape index (κ2) is 5.98. The Kier molecular flexibility index (Phi) is 3.88. The molecule has 0 unspecified atom stereocenters. The summed E-state index contributed by atoms with van der Waals surface area (Å²) < 4.78 is 0. The van der Waals surface area contributed by atoms with Gasteiger partial charge in [0.15, 0.2) is 0 Å². The molecule has 7 heteroatoms. The van der Waals surface area contributed by atoms with Crippen LogP contribution in [0.5, 0.6) is 0 Å². The molecule has 3 aromatic heterocycles. The zero-order valence-electron chi connectivity index (χ0n) is 12.2. The zero-order valence-corrected chi connectivity index (χ0v) is 12.2. The van der Waals surface area contributed by atoms with Crippen molar-refractivity contribution in [2.24, 2.45) is 0 Å². The van der Waals surface area contributed by atoms with E-state index in [-0.39, 0.29) is 18.6 Å². The second-order valence-electron chi connectivity index (χ2n) is 5.02. The molecular weight excluding hydrogens is 280 g/mol. The van der Waals surface area contributed by atoms with E-state index in [0.29, 0.717) is 0 Å². The second-order valence-corrected chi connectivity index (χ2v) is 5.02. The normalized spacial score (nSPS) is 12.5. The monoisotopic (exact) mass is 298 g/mol. The largest absolute Gasteiger partial charge is 0.394 e. The Morgan fingerprint density at radius 3 is 2.86 bits per heavy atom. The molecule has 0 saturated carbocycles. The van der Waals surface area contributed by atoms with Crippen LogP contribution in [-0.4, -0.2) is 37.7 Å². The number of anilines is 2. The predicted molar refractivity (Wildman–Crippen MR) is 86.3 cm³/mol. The summed E-state index contributed by atoms with van der Waals surface area (Å²) in [7, 11) is 0. The number of aliphatic hydroxyl groups excluding tert-OH is 1. The van der Waals surface area contributed by atoms with Gasteiger partial charge in [-0.25, -0.2) is 15.0 Å². The Morgan fingerprint density at radius 1 is 1.32 bits per heavy atom. The summed E-state index contributed by atoms with van der Waals surface area (Å²) in [5.74, 6) is 0.229. The topological polar surface area (TPSA) is 113 Å². The third-order valence-corrected chi connectivity index (χ3v) is 3.60. The van der Waals surface area contributed by atoms with E-state index in [1.807, 2.05) is 19.2 Å². The number of hydrogen-bond donors (Lipinski definition) is 4. The van der Waals surface area contributed by atoms with Crippen LogP contribution in [0.2, 0.25) is 0 Å². The van der Waals surface area contributed by atoms with Crippen LogP contribution in [0.1, 0.15) is 13.3 Å². The molecule has 114 valence electrons. The average molecular weight is 298 g/mol. The van der Waals surface area contributed by atoms with Crippen LogP contribution < -0.4 is 11.1 Å². The number of aromatic nitrogens is 4. The first kappa shape index (κ1) is 14.3. The third kappa shape index (κ3) is 2.58. The highest BCUT2D eigenvalue weighted by Crippen LogP contribution is 2.32. The van der Waals surface area contributed by atoms with Gasteiger partial charge < -0.3 is 21.1 Å². The smallest absolute Gasteiger partial charge is 0.220 e. The summed E-state index contributed by atoms with van der Waals surface area (Å²) in [5, 5.41) is 13.7. The summed E-state index contributed by atoms with van der Waals surface area (Å²) in [6.45, 7) is 2.09. The van der Waals surface area contributed by atoms with Crippen LogP contribution in [-0.2, 0) is 0 Å². The zero-order chi connectivity index (χ0) is 15.5. The lowest BCUT2D eigenvalue weighted by Gasteiger charge is -2.16. The SMILES string of the molecule is CC[C@H](CO)Nc1ccnc2[nH]cc(-c3ccnc(N)n3)c12. The van der Waals surface area contributed by atoms with Crippen LogP contribution in [0.25, 0.3) is 22.3 Å². The van der Waals surface area contributed by atoms with E-state index in [1.165, 1.54) is 0 Å². The lowest BCUT2D eigenvalue weighted by Crippen LogP contribution is -2.22. The van der Waals surface area contributed by atoms with Crippen molar-refractivity contribution in [1.29, 1.82) is 0 Å². The van der Waals surface area contributed by atoms with Gasteiger partial charge in [-0.2, -0.15) is 0 Å². The van der Waals surface area contributed by atoms with Gasteiger partial charge in [0.25, 0.3) is 0 Å². The van der Waals surface area contributed by atoms with Gasteiger partial charge in [-0.05, 0) is 18.6 Å². The Morgan fingerprint density at radius 2 is 2.14 bits per heavy atom. The summed E-state index contributed by atoms with van der Waals surface area (Å²) in [6.07, 6.45) is 6.02. The summed E-state index contributed by atoms with van der Waals surface area (Å²) in [4.78, 5) is 15.7. The van der Waals surface area contributed by atoms with Crippen molar-refractivity contribution in [2.45, 2.75) is 19.4 Å². The van der Waals surface area contributed by atoms with Gasteiger partial charge in [0.2, 0.25) is 5.95 Å². The fourth-order valence-electron chi connectivity index (χ4n) is 2.40. The maximum atomic E-state index is 9.41. The minimum absolute atomic E-state index is 0.0104. The number of rotatable bonds is 5. The Hall–Kier alpha value is -2.67. The van der Waals surface area contributed by atoms with Crippen LogP contribution in [0.15, 0.2) is 30.7 Å². The van der Waals surface area contributed by atoms with Crippen LogP contribution in [0, 0.1) is 0 Å². The fraction of sp³-hybridized carbons (Fsp3) is 0.267. The Balaban J connectivity index is 2.12. The number of nitrogen functional groups attached to an aromatic ring is 1. The molecule has 7 nitrogen and oxygen atoms in total. The Labute approximate surface area is 127 Å². The van der Waals surface area contributed by atoms with Gasteiger partial charge in [0, 0.05) is 35.9 Å². The minimum atomic E-state index is -0.0104. The molecule has 0 aromatic carbocycles. The highest BCUT2D eigenvalue weighted by molar-refractivity contribution is 6.01. The molecule has 3 rings (SSSR count). The molecule has 22 heavy (non-hydrogen) atoms. The Bertz CT molecular complexity index is 781. The quantitative estimate of drug-likeness (QED) is 0.571. The van der Waals surface area contributed by atoms with Gasteiger partial charge in [0.05, 0.1) is 17.7 Å². The van der Waals surface area contributed by atoms with Gasteiger partial charge >= 0.3 is 0 Å². The van der Waals surface area contributed by atoms with Gasteiger partial charge in [-0.3, -0.25) is 0 Å². The van der Waals surface area contributed by atoms with Crippen molar-refractivity contribution >= 4 is 22.7 Å². The van der Waals surface area contributed by atoms with E-state index < -0.39 is 0 Å². The number of nitrogens with zero attached hydrogens (tertiary/aromatic N) is 3. The third-order valence-electron chi connectivity index (χ3n) is 3.60. The first-order chi connectivity index (χ1) is 10.7. The molecule has 3 heterocycles. The lowest BCUT2D eigenvalue weighted by molar-refractivity contribution is 0.272. The molecule has 3 aromatic rings. The van der Waals surface area contributed by atoms with E-state index in [9.17, 15) is 5.11 Å². The van der Waals surface area contributed by atoms with Crippen LogP contribution in [0.3, 0.4) is 0 Å². The van der Waals surface area contributed by atoms with E-state index in [1.54, 1.807) is 18.5 Å². The molecule has 0 aliphatic rings. The molecule has 5 N–H and O–H groups in total. The molecule has 0 amide bonds. The van der Waals surface area contributed by atoms with E-state index >= 15 is 0 Å². The van der Waals surface area contributed by atoms with E-state index in [0.717, 1.165) is 34.4 Å². The van der Waals surface area contributed by atoms with Crippen molar-refractivity contribution in [2.75, 3.05) is 17.7 Å². The first-order valence-corrected chi connectivity index (χ1v) is 7.15. The molecule has 0 fully saturated rings. The highest BCUT2D eigenvalue weighted by atomic mass is 16.3. The molecule has 0 saturated heterocycles. The van der Waals surface area contributed by atoms with Gasteiger partial charge in [-0.1, -0.05) is 6.92 Å². The van der Waals surface area contributed by atoms with Gasteiger partial charge in [0.1, 0.15) is 5.65 Å². The number of nitrogens with one attached hydrogen (secondary N) is 2.